The third kappa shape index (κ3) is 6.79. The fourth-order valence-corrected chi connectivity index (χ4v) is 4.88. The molecule has 0 radical (unpaired) electrons. The summed E-state index contributed by atoms with van der Waals surface area (Å²) in [4.78, 5) is 19.3. The van der Waals surface area contributed by atoms with Crippen molar-refractivity contribution in [1.29, 1.82) is 0 Å². The predicted molar refractivity (Wildman–Crippen MR) is 128 cm³/mol. The van der Waals surface area contributed by atoms with Crippen molar-refractivity contribution in [3.05, 3.63) is 70.8 Å². The molecule has 1 saturated heterocycles. The van der Waals surface area contributed by atoms with E-state index in [1.165, 1.54) is 12.1 Å². The molecule has 0 aliphatic carbocycles. The SMILES string of the molecule is O=C(NCCSCc1ccc(F)cc1)C1CCCN(Cc2nc(-c3ccccc3Cl)no2)C1. The molecule has 0 spiro atoms. The first kappa shape index (κ1) is 23.7. The Bertz CT molecular complexity index is 1060. The number of aromatic nitrogens is 2. The summed E-state index contributed by atoms with van der Waals surface area (Å²) < 4.78 is 18.4. The van der Waals surface area contributed by atoms with E-state index in [0.717, 1.165) is 42.0 Å². The summed E-state index contributed by atoms with van der Waals surface area (Å²) in [5.74, 6) is 2.41. The van der Waals surface area contributed by atoms with E-state index >= 15 is 0 Å². The van der Waals surface area contributed by atoms with Gasteiger partial charge in [0.1, 0.15) is 5.82 Å². The van der Waals surface area contributed by atoms with Gasteiger partial charge in [-0.25, -0.2) is 4.39 Å². The van der Waals surface area contributed by atoms with E-state index < -0.39 is 0 Å². The van der Waals surface area contributed by atoms with Crippen LogP contribution in [0, 0.1) is 11.7 Å². The van der Waals surface area contributed by atoms with Crippen LogP contribution in [0.3, 0.4) is 0 Å². The third-order valence-electron chi connectivity index (χ3n) is 5.55. The number of hydrogen-bond acceptors (Lipinski definition) is 6. The van der Waals surface area contributed by atoms with E-state index in [1.54, 1.807) is 30.0 Å². The third-order valence-corrected chi connectivity index (χ3v) is 6.91. The van der Waals surface area contributed by atoms with E-state index in [4.69, 9.17) is 16.1 Å². The fourth-order valence-electron chi connectivity index (χ4n) is 3.84. The highest BCUT2D eigenvalue weighted by Crippen LogP contribution is 2.25. The molecule has 3 aromatic rings. The zero-order valence-corrected chi connectivity index (χ0v) is 19.7. The fraction of sp³-hybridized carbons (Fsp3) is 0.375. The Morgan fingerprint density at radius 3 is 2.88 bits per heavy atom. The molecule has 1 aliphatic heterocycles. The molecule has 6 nitrogen and oxygen atoms in total. The number of halogens is 2. The van der Waals surface area contributed by atoms with E-state index in [9.17, 15) is 9.18 Å². The molecule has 1 aromatic heterocycles. The number of benzene rings is 2. The number of amides is 1. The highest BCUT2D eigenvalue weighted by atomic mass is 35.5. The van der Waals surface area contributed by atoms with Crippen molar-refractivity contribution < 1.29 is 13.7 Å². The van der Waals surface area contributed by atoms with E-state index in [-0.39, 0.29) is 17.6 Å². The number of nitrogens with zero attached hydrogens (tertiary/aromatic N) is 3. The maximum atomic E-state index is 13.0. The largest absolute Gasteiger partial charge is 0.355 e. The summed E-state index contributed by atoms with van der Waals surface area (Å²) in [7, 11) is 0. The molecule has 4 rings (SSSR count). The molecule has 1 amide bonds. The summed E-state index contributed by atoms with van der Waals surface area (Å²) in [6.45, 7) is 2.68. The quantitative estimate of drug-likeness (QED) is 0.437. The number of likely N-dealkylation sites (tertiary alicyclic amines) is 1. The molecule has 2 heterocycles. The number of nitrogens with one attached hydrogen (secondary N) is 1. The second-order valence-electron chi connectivity index (χ2n) is 8.04. The van der Waals surface area contributed by atoms with Gasteiger partial charge in [0.2, 0.25) is 17.6 Å². The van der Waals surface area contributed by atoms with Crippen LogP contribution < -0.4 is 5.32 Å². The lowest BCUT2D eigenvalue weighted by molar-refractivity contribution is -0.126. The van der Waals surface area contributed by atoms with Gasteiger partial charge in [-0.3, -0.25) is 9.69 Å². The van der Waals surface area contributed by atoms with Gasteiger partial charge in [-0.2, -0.15) is 16.7 Å². The van der Waals surface area contributed by atoms with Gasteiger partial charge in [0.25, 0.3) is 0 Å². The highest BCUT2D eigenvalue weighted by Gasteiger charge is 2.26. The molecule has 174 valence electrons. The van der Waals surface area contributed by atoms with Gasteiger partial charge in [0, 0.05) is 30.2 Å². The average molecular weight is 489 g/mol. The maximum absolute atomic E-state index is 13.0. The molecule has 1 atom stereocenters. The summed E-state index contributed by atoms with van der Waals surface area (Å²) in [5, 5.41) is 7.68. The first-order valence-corrected chi connectivity index (χ1v) is 12.5. The van der Waals surface area contributed by atoms with Gasteiger partial charge in [0.15, 0.2) is 0 Å². The minimum absolute atomic E-state index is 0.0493. The Balaban J connectivity index is 1.20. The van der Waals surface area contributed by atoms with Crippen LogP contribution in [0.5, 0.6) is 0 Å². The van der Waals surface area contributed by atoms with Crippen LogP contribution in [-0.4, -0.2) is 46.3 Å². The standard InChI is InChI=1S/C24H26ClFN4O2S/c25-21-6-2-1-5-20(21)23-28-22(32-29-23)15-30-12-3-4-18(14-30)24(31)27-11-13-33-16-17-7-9-19(26)10-8-17/h1-2,5-10,18H,3-4,11-16H2,(H,27,31). The molecular weight excluding hydrogens is 463 g/mol. The molecule has 1 aliphatic rings. The molecular formula is C24H26ClFN4O2S. The maximum Gasteiger partial charge on any atom is 0.241 e. The first-order chi connectivity index (χ1) is 16.1. The van der Waals surface area contributed by atoms with Crippen LogP contribution >= 0.6 is 23.4 Å². The zero-order chi connectivity index (χ0) is 23.0. The lowest BCUT2D eigenvalue weighted by Gasteiger charge is -2.30. The number of piperidine rings is 1. The van der Waals surface area contributed by atoms with Crippen molar-refractivity contribution in [1.82, 2.24) is 20.4 Å². The number of hydrogen-bond donors (Lipinski definition) is 1. The second-order valence-corrected chi connectivity index (χ2v) is 9.55. The van der Waals surface area contributed by atoms with Crippen LogP contribution in [0.1, 0.15) is 24.3 Å². The van der Waals surface area contributed by atoms with Crippen LogP contribution in [-0.2, 0) is 17.1 Å². The molecule has 0 saturated carbocycles. The van der Waals surface area contributed by atoms with E-state index in [0.29, 0.717) is 36.4 Å². The van der Waals surface area contributed by atoms with Gasteiger partial charge < -0.3 is 9.84 Å². The van der Waals surface area contributed by atoms with Gasteiger partial charge in [-0.15, -0.1) is 0 Å². The Morgan fingerprint density at radius 1 is 1.24 bits per heavy atom. The van der Waals surface area contributed by atoms with Crippen LogP contribution in [0.25, 0.3) is 11.4 Å². The lowest BCUT2D eigenvalue weighted by Crippen LogP contribution is -2.43. The van der Waals surface area contributed by atoms with Gasteiger partial charge >= 0.3 is 0 Å². The minimum Gasteiger partial charge on any atom is -0.355 e. The number of carbonyl (C=O) groups is 1. The topological polar surface area (TPSA) is 71.3 Å². The van der Waals surface area contributed by atoms with Gasteiger partial charge in [-0.05, 0) is 49.2 Å². The number of rotatable bonds is 9. The van der Waals surface area contributed by atoms with Crippen LogP contribution in [0.2, 0.25) is 5.02 Å². The van der Waals surface area contributed by atoms with Crippen molar-refractivity contribution in [2.45, 2.75) is 25.1 Å². The molecule has 9 heteroatoms. The highest BCUT2D eigenvalue weighted by molar-refractivity contribution is 7.98. The second kappa shape index (κ2) is 11.6. The Hall–Kier alpha value is -2.42. The van der Waals surface area contributed by atoms with Crippen molar-refractivity contribution in [3.8, 4) is 11.4 Å². The Labute approximate surface area is 201 Å². The number of thioether (sulfide) groups is 1. The normalized spacial score (nSPS) is 16.6. The Kier molecular flexibility index (Phi) is 8.36. The lowest BCUT2D eigenvalue weighted by atomic mass is 9.97. The summed E-state index contributed by atoms with van der Waals surface area (Å²) in [6.07, 6.45) is 1.82. The average Bonchev–Trinajstić information content (AvgIpc) is 3.28. The van der Waals surface area contributed by atoms with Gasteiger partial charge in [-0.1, -0.05) is 41.0 Å². The smallest absolute Gasteiger partial charge is 0.241 e. The van der Waals surface area contributed by atoms with Crippen molar-refractivity contribution in [2.75, 3.05) is 25.4 Å². The monoisotopic (exact) mass is 488 g/mol. The number of carbonyl (C=O) groups excluding carboxylic acids is 1. The predicted octanol–water partition coefficient (Wildman–Crippen LogP) is 4.79. The molecule has 1 N–H and O–H groups in total. The van der Waals surface area contributed by atoms with Crippen molar-refractivity contribution in [2.24, 2.45) is 5.92 Å². The molecule has 1 unspecified atom stereocenters. The van der Waals surface area contributed by atoms with E-state index in [2.05, 4.69) is 20.4 Å². The molecule has 33 heavy (non-hydrogen) atoms. The van der Waals surface area contributed by atoms with Crippen LogP contribution in [0.4, 0.5) is 4.39 Å². The minimum atomic E-state index is -0.224. The van der Waals surface area contributed by atoms with Gasteiger partial charge in [0.05, 0.1) is 17.5 Å². The van der Waals surface area contributed by atoms with Crippen molar-refractivity contribution in [3.63, 3.8) is 0 Å². The molecule has 0 bridgehead atoms. The first-order valence-electron chi connectivity index (χ1n) is 11.0. The molecule has 1 fully saturated rings. The summed E-state index contributed by atoms with van der Waals surface area (Å²) >= 11 is 7.94. The summed E-state index contributed by atoms with van der Waals surface area (Å²) in [6, 6.07) is 13.9. The molecule has 2 aromatic carbocycles. The Morgan fingerprint density at radius 2 is 2.06 bits per heavy atom. The van der Waals surface area contributed by atoms with E-state index in [1.807, 2.05) is 18.2 Å². The summed E-state index contributed by atoms with van der Waals surface area (Å²) in [5.41, 5.74) is 1.82. The van der Waals surface area contributed by atoms with Crippen molar-refractivity contribution >= 4 is 29.3 Å². The van der Waals surface area contributed by atoms with Crippen LogP contribution in [0.15, 0.2) is 53.1 Å². The zero-order valence-electron chi connectivity index (χ0n) is 18.2.